The first-order valence-electron chi connectivity index (χ1n) is 6.37. The largest absolute Gasteiger partial charge is 0.378 e. The Morgan fingerprint density at radius 3 is 2.73 bits per heavy atom. The van der Waals surface area contributed by atoms with Crippen molar-refractivity contribution in [2.75, 3.05) is 6.61 Å². The smallest absolute Gasteiger partial charge is 0.0576 e. The van der Waals surface area contributed by atoms with Crippen LogP contribution < -0.4 is 5.73 Å². The quantitative estimate of drug-likeness (QED) is 0.736. The van der Waals surface area contributed by atoms with E-state index >= 15 is 0 Å². The molecule has 0 radical (unpaired) electrons. The normalized spacial score (nSPS) is 24.4. The van der Waals surface area contributed by atoms with Crippen LogP contribution in [0.2, 0.25) is 0 Å². The number of hydrogen-bond donors (Lipinski definition) is 1. The molecule has 0 aromatic heterocycles. The average molecular weight is 213 g/mol. The van der Waals surface area contributed by atoms with Crippen molar-refractivity contribution < 1.29 is 4.74 Å². The molecule has 0 amide bonds. The van der Waals surface area contributed by atoms with Crippen molar-refractivity contribution in [1.29, 1.82) is 0 Å². The number of rotatable bonds is 6. The Kier molecular flexibility index (Phi) is 5.07. The molecule has 1 aliphatic rings. The van der Waals surface area contributed by atoms with Gasteiger partial charge in [0, 0.05) is 12.6 Å². The molecule has 2 unspecified atom stereocenters. The van der Waals surface area contributed by atoms with Gasteiger partial charge in [0.1, 0.15) is 0 Å². The van der Waals surface area contributed by atoms with E-state index in [2.05, 4.69) is 20.8 Å². The summed E-state index contributed by atoms with van der Waals surface area (Å²) in [5.41, 5.74) is 6.24. The zero-order chi connectivity index (χ0) is 11.3. The lowest BCUT2D eigenvalue weighted by molar-refractivity contribution is 0.0981. The Hall–Kier alpha value is -0.0800. The summed E-state index contributed by atoms with van der Waals surface area (Å²) >= 11 is 0. The summed E-state index contributed by atoms with van der Waals surface area (Å²) in [6, 6.07) is 0.322. The summed E-state index contributed by atoms with van der Waals surface area (Å²) in [5.74, 6) is 0. The van der Waals surface area contributed by atoms with E-state index in [1.54, 1.807) is 0 Å². The van der Waals surface area contributed by atoms with Gasteiger partial charge in [-0.2, -0.15) is 0 Å². The van der Waals surface area contributed by atoms with Gasteiger partial charge in [0.2, 0.25) is 0 Å². The third kappa shape index (κ3) is 5.53. The minimum absolute atomic E-state index is 0.322. The third-order valence-electron chi connectivity index (χ3n) is 3.28. The summed E-state index contributed by atoms with van der Waals surface area (Å²) in [4.78, 5) is 0. The molecule has 1 saturated heterocycles. The van der Waals surface area contributed by atoms with Crippen LogP contribution in [0.4, 0.5) is 0 Å². The molecule has 0 aromatic carbocycles. The molecular weight excluding hydrogens is 186 g/mol. The maximum Gasteiger partial charge on any atom is 0.0576 e. The van der Waals surface area contributed by atoms with Crippen LogP contribution in [-0.4, -0.2) is 18.8 Å². The van der Waals surface area contributed by atoms with Gasteiger partial charge in [0.05, 0.1) is 6.10 Å². The van der Waals surface area contributed by atoms with E-state index in [9.17, 15) is 0 Å². The molecule has 0 saturated carbocycles. The van der Waals surface area contributed by atoms with E-state index in [1.165, 1.54) is 32.1 Å². The molecule has 1 aliphatic heterocycles. The molecule has 1 rings (SSSR count). The van der Waals surface area contributed by atoms with Gasteiger partial charge in [-0.25, -0.2) is 0 Å². The van der Waals surface area contributed by atoms with Crippen LogP contribution in [0.25, 0.3) is 0 Å². The number of nitrogens with two attached hydrogens (primary N) is 1. The molecule has 1 fully saturated rings. The topological polar surface area (TPSA) is 35.2 Å². The highest BCUT2D eigenvalue weighted by molar-refractivity contribution is 4.74. The van der Waals surface area contributed by atoms with E-state index in [1.807, 2.05) is 0 Å². The van der Waals surface area contributed by atoms with Gasteiger partial charge >= 0.3 is 0 Å². The first-order valence-corrected chi connectivity index (χ1v) is 6.37. The van der Waals surface area contributed by atoms with Crippen LogP contribution in [0.15, 0.2) is 0 Å². The van der Waals surface area contributed by atoms with Gasteiger partial charge in [-0.05, 0) is 44.4 Å². The molecule has 2 atom stereocenters. The summed E-state index contributed by atoms with van der Waals surface area (Å²) < 4.78 is 5.62. The van der Waals surface area contributed by atoms with E-state index in [-0.39, 0.29) is 0 Å². The lowest BCUT2D eigenvalue weighted by atomic mass is 9.81. The second-order valence-corrected chi connectivity index (χ2v) is 5.87. The minimum atomic E-state index is 0.322. The van der Waals surface area contributed by atoms with E-state index in [4.69, 9.17) is 10.5 Å². The maximum absolute atomic E-state index is 5.85. The van der Waals surface area contributed by atoms with Crippen LogP contribution in [0, 0.1) is 5.41 Å². The molecule has 0 bridgehead atoms. The highest BCUT2D eigenvalue weighted by atomic mass is 16.5. The van der Waals surface area contributed by atoms with Crippen molar-refractivity contribution in [2.45, 2.75) is 71.4 Å². The predicted octanol–water partition coefficient (Wildman–Crippen LogP) is 3.10. The SMILES string of the molecule is CC(N)CC(C)(C)CCCC1CCCO1. The molecule has 15 heavy (non-hydrogen) atoms. The van der Waals surface area contributed by atoms with Gasteiger partial charge in [-0.15, -0.1) is 0 Å². The van der Waals surface area contributed by atoms with Crippen molar-refractivity contribution in [3.05, 3.63) is 0 Å². The zero-order valence-corrected chi connectivity index (χ0v) is 10.6. The van der Waals surface area contributed by atoms with Crippen LogP contribution in [0.3, 0.4) is 0 Å². The highest BCUT2D eigenvalue weighted by Gasteiger charge is 2.21. The van der Waals surface area contributed by atoms with Crippen molar-refractivity contribution >= 4 is 0 Å². The van der Waals surface area contributed by atoms with Gasteiger partial charge in [0.15, 0.2) is 0 Å². The standard InChI is InChI=1S/C13H27NO/c1-11(14)10-13(2,3)8-4-6-12-7-5-9-15-12/h11-12H,4-10,14H2,1-3H3. The molecule has 0 aromatic rings. The van der Waals surface area contributed by atoms with Crippen LogP contribution >= 0.6 is 0 Å². The summed E-state index contributed by atoms with van der Waals surface area (Å²) in [5, 5.41) is 0. The van der Waals surface area contributed by atoms with Crippen LogP contribution in [0.1, 0.15) is 59.3 Å². The Bertz CT molecular complexity index is 171. The highest BCUT2D eigenvalue weighted by Crippen LogP contribution is 2.30. The van der Waals surface area contributed by atoms with Crippen molar-refractivity contribution in [3.8, 4) is 0 Å². The lowest BCUT2D eigenvalue weighted by Gasteiger charge is -2.27. The fourth-order valence-electron chi connectivity index (χ4n) is 2.65. The van der Waals surface area contributed by atoms with Gasteiger partial charge < -0.3 is 10.5 Å². The Morgan fingerprint density at radius 2 is 2.20 bits per heavy atom. The number of hydrogen-bond acceptors (Lipinski definition) is 2. The van der Waals surface area contributed by atoms with Gasteiger partial charge in [-0.3, -0.25) is 0 Å². The summed E-state index contributed by atoms with van der Waals surface area (Å²) in [6.07, 6.45) is 8.00. The molecule has 0 spiro atoms. The molecule has 2 nitrogen and oxygen atoms in total. The molecule has 1 heterocycles. The molecule has 0 aliphatic carbocycles. The monoisotopic (exact) mass is 213 g/mol. The zero-order valence-electron chi connectivity index (χ0n) is 10.6. The Balaban J connectivity index is 2.11. The summed E-state index contributed by atoms with van der Waals surface area (Å²) in [6.45, 7) is 7.73. The Labute approximate surface area is 94.6 Å². The number of ether oxygens (including phenoxy) is 1. The second-order valence-electron chi connectivity index (χ2n) is 5.87. The van der Waals surface area contributed by atoms with Crippen LogP contribution in [0.5, 0.6) is 0 Å². The lowest BCUT2D eigenvalue weighted by Crippen LogP contribution is -2.25. The van der Waals surface area contributed by atoms with Crippen LogP contribution in [-0.2, 0) is 4.74 Å². The molecule has 2 heteroatoms. The van der Waals surface area contributed by atoms with Crippen molar-refractivity contribution in [2.24, 2.45) is 11.1 Å². The third-order valence-corrected chi connectivity index (χ3v) is 3.28. The van der Waals surface area contributed by atoms with Crippen molar-refractivity contribution in [3.63, 3.8) is 0 Å². The molecule has 2 N–H and O–H groups in total. The summed E-state index contributed by atoms with van der Waals surface area (Å²) in [7, 11) is 0. The van der Waals surface area contributed by atoms with Gasteiger partial charge in [-0.1, -0.05) is 20.3 Å². The first-order chi connectivity index (χ1) is 6.99. The fraction of sp³-hybridized carbons (Fsp3) is 1.00. The Morgan fingerprint density at radius 1 is 1.47 bits per heavy atom. The minimum Gasteiger partial charge on any atom is -0.378 e. The average Bonchev–Trinajstić information content (AvgIpc) is 2.53. The first kappa shape index (κ1) is 13.0. The fourth-order valence-corrected chi connectivity index (χ4v) is 2.65. The second kappa shape index (κ2) is 5.86. The predicted molar refractivity (Wildman–Crippen MR) is 64.9 cm³/mol. The molecule has 90 valence electrons. The van der Waals surface area contributed by atoms with Gasteiger partial charge in [0.25, 0.3) is 0 Å². The molecular formula is C13H27NO. The van der Waals surface area contributed by atoms with E-state index in [0.717, 1.165) is 13.0 Å². The van der Waals surface area contributed by atoms with E-state index in [0.29, 0.717) is 17.6 Å². The van der Waals surface area contributed by atoms with Crippen molar-refractivity contribution in [1.82, 2.24) is 0 Å². The van der Waals surface area contributed by atoms with E-state index < -0.39 is 0 Å². The maximum atomic E-state index is 5.85.